The Bertz CT molecular complexity index is 1320. The average molecular weight is 434 g/mol. The van der Waals surface area contributed by atoms with Gasteiger partial charge in [0.1, 0.15) is 23.0 Å². The molecule has 2 heterocycles. The van der Waals surface area contributed by atoms with E-state index in [0.29, 0.717) is 11.4 Å². The van der Waals surface area contributed by atoms with E-state index in [4.69, 9.17) is 4.74 Å². The van der Waals surface area contributed by atoms with E-state index in [2.05, 4.69) is 26.0 Å². The molecule has 162 valence electrons. The highest BCUT2D eigenvalue weighted by Gasteiger charge is 2.12. The van der Waals surface area contributed by atoms with E-state index in [0.717, 1.165) is 10.9 Å². The van der Waals surface area contributed by atoms with Crippen LogP contribution in [0.2, 0.25) is 0 Å². The summed E-state index contributed by atoms with van der Waals surface area (Å²) >= 11 is 0. The number of aryl methyl sites for hydroxylation is 1. The number of ether oxygens (including phenoxy) is 1. The number of fused-ring (bicyclic) bond motifs is 1. The van der Waals surface area contributed by atoms with Crippen LogP contribution in [0.25, 0.3) is 10.9 Å². The predicted octanol–water partition coefficient (Wildman–Crippen LogP) is 3.90. The van der Waals surface area contributed by atoms with Crippen LogP contribution in [0.1, 0.15) is 10.5 Å². The van der Waals surface area contributed by atoms with E-state index >= 15 is 0 Å². The van der Waals surface area contributed by atoms with Gasteiger partial charge in [0.25, 0.3) is 5.91 Å². The zero-order valence-corrected chi connectivity index (χ0v) is 17.2. The zero-order valence-electron chi connectivity index (χ0n) is 17.2. The third-order valence-corrected chi connectivity index (χ3v) is 4.62. The molecule has 4 aromatic rings. The van der Waals surface area contributed by atoms with Crippen LogP contribution in [-0.2, 0) is 7.05 Å². The first-order valence-corrected chi connectivity index (χ1v) is 9.58. The highest BCUT2D eigenvalue weighted by atomic mass is 19.1. The predicted molar refractivity (Wildman–Crippen MR) is 117 cm³/mol. The quantitative estimate of drug-likeness (QED) is 0.441. The molecule has 2 aromatic heterocycles. The summed E-state index contributed by atoms with van der Waals surface area (Å²) in [5.74, 6) is -0.382. The summed E-state index contributed by atoms with van der Waals surface area (Å²) in [6.45, 7) is 0. The van der Waals surface area contributed by atoms with Crippen LogP contribution in [0, 0.1) is 5.82 Å². The molecule has 0 saturated carbocycles. The van der Waals surface area contributed by atoms with Gasteiger partial charge in [0.2, 0.25) is 0 Å². The third kappa shape index (κ3) is 4.48. The smallest absolute Gasteiger partial charge is 0.323 e. The van der Waals surface area contributed by atoms with Crippen LogP contribution < -0.4 is 20.7 Å². The summed E-state index contributed by atoms with van der Waals surface area (Å²) in [6.07, 6.45) is 3.11. The van der Waals surface area contributed by atoms with Gasteiger partial charge in [0.15, 0.2) is 0 Å². The average Bonchev–Trinajstić information content (AvgIpc) is 3.15. The maximum Gasteiger partial charge on any atom is 0.323 e. The SMILES string of the molecule is CNC(=O)c1cc(Oc2ccc(F)c(NC(=O)Nc3ccc4c(cnn4C)c3)c2)ccn1. The van der Waals surface area contributed by atoms with E-state index in [1.54, 1.807) is 29.1 Å². The highest BCUT2D eigenvalue weighted by Crippen LogP contribution is 2.27. The Morgan fingerprint density at radius 2 is 1.84 bits per heavy atom. The Morgan fingerprint density at radius 3 is 2.66 bits per heavy atom. The van der Waals surface area contributed by atoms with Crippen LogP contribution in [0.3, 0.4) is 0 Å². The van der Waals surface area contributed by atoms with Crippen LogP contribution in [0.4, 0.5) is 20.6 Å². The van der Waals surface area contributed by atoms with E-state index in [-0.39, 0.29) is 23.0 Å². The number of nitrogens with one attached hydrogen (secondary N) is 3. The van der Waals surface area contributed by atoms with Crippen molar-refractivity contribution in [2.75, 3.05) is 17.7 Å². The lowest BCUT2D eigenvalue weighted by atomic mass is 10.2. The minimum absolute atomic E-state index is 0.0666. The van der Waals surface area contributed by atoms with Crippen LogP contribution in [0.5, 0.6) is 11.5 Å². The number of benzene rings is 2. The lowest BCUT2D eigenvalue weighted by Crippen LogP contribution is -2.20. The van der Waals surface area contributed by atoms with Gasteiger partial charge in [-0.05, 0) is 36.4 Å². The van der Waals surface area contributed by atoms with Gasteiger partial charge in [0, 0.05) is 43.5 Å². The first kappa shape index (κ1) is 20.8. The molecule has 32 heavy (non-hydrogen) atoms. The fourth-order valence-electron chi connectivity index (χ4n) is 3.05. The number of amides is 3. The van der Waals surface area contributed by atoms with Gasteiger partial charge >= 0.3 is 6.03 Å². The molecule has 0 aliphatic heterocycles. The number of rotatable bonds is 5. The molecule has 0 radical (unpaired) electrons. The highest BCUT2D eigenvalue weighted by molar-refractivity contribution is 6.01. The van der Waals surface area contributed by atoms with Gasteiger partial charge in [0.05, 0.1) is 17.4 Å². The molecule has 0 aliphatic rings. The summed E-state index contributed by atoms with van der Waals surface area (Å²) in [5.41, 5.74) is 1.57. The van der Waals surface area contributed by atoms with Crippen molar-refractivity contribution < 1.29 is 18.7 Å². The molecule has 4 rings (SSSR count). The molecule has 0 bridgehead atoms. The summed E-state index contributed by atoms with van der Waals surface area (Å²) in [4.78, 5) is 28.1. The summed E-state index contributed by atoms with van der Waals surface area (Å²) < 4.78 is 21.7. The summed E-state index contributed by atoms with van der Waals surface area (Å²) in [5, 5.41) is 12.6. The standard InChI is InChI=1S/C22H19FN6O3/c1-24-21(30)19-11-16(7-8-25-19)32-15-4-5-17(23)18(10-15)28-22(31)27-14-3-6-20-13(9-14)12-26-29(20)2/h3-12H,1-2H3,(H,24,30)(H2,27,28,31). The second kappa shape index (κ2) is 8.72. The van der Waals surface area contributed by atoms with Crippen LogP contribution in [-0.4, -0.2) is 33.8 Å². The molecule has 10 heteroatoms. The third-order valence-electron chi connectivity index (χ3n) is 4.62. The molecule has 0 atom stereocenters. The van der Waals surface area contributed by atoms with Crippen molar-refractivity contribution in [1.29, 1.82) is 0 Å². The van der Waals surface area contributed by atoms with Gasteiger partial charge < -0.3 is 20.7 Å². The topological polar surface area (TPSA) is 110 Å². The van der Waals surface area contributed by atoms with Gasteiger partial charge in [-0.15, -0.1) is 0 Å². The van der Waals surface area contributed by atoms with E-state index < -0.39 is 11.8 Å². The van der Waals surface area contributed by atoms with E-state index in [1.165, 1.54) is 37.5 Å². The fraction of sp³-hybridized carbons (Fsp3) is 0.0909. The van der Waals surface area contributed by atoms with Crippen molar-refractivity contribution in [3.05, 3.63) is 72.4 Å². The van der Waals surface area contributed by atoms with Gasteiger partial charge in [-0.1, -0.05) is 0 Å². The molecule has 0 saturated heterocycles. The number of pyridine rings is 1. The lowest BCUT2D eigenvalue weighted by Gasteiger charge is -2.11. The van der Waals surface area contributed by atoms with Gasteiger partial charge in [-0.2, -0.15) is 5.10 Å². The molecular formula is C22H19FN6O3. The number of hydrogen-bond acceptors (Lipinski definition) is 5. The Labute approximate surface area is 182 Å². The van der Waals surface area contributed by atoms with Crippen molar-refractivity contribution in [2.24, 2.45) is 7.05 Å². The number of urea groups is 1. The Kier molecular flexibility index (Phi) is 5.67. The van der Waals surface area contributed by atoms with Gasteiger partial charge in [-0.3, -0.25) is 14.5 Å². The van der Waals surface area contributed by atoms with Crippen molar-refractivity contribution in [1.82, 2.24) is 20.1 Å². The number of hydrogen-bond donors (Lipinski definition) is 3. The molecule has 9 nitrogen and oxygen atoms in total. The largest absolute Gasteiger partial charge is 0.457 e. The number of anilines is 2. The normalized spacial score (nSPS) is 10.6. The van der Waals surface area contributed by atoms with Crippen molar-refractivity contribution >= 4 is 34.2 Å². The lowest BCUT2D eigenvalue weighted by molar-refractivity contribution is 0.0958. The maximum absolute atomic E-state index is 14.3. The number of aromatic nitrogens is 3. The molecule has 0 aliphatic carbocycles. The fourth-order valence-corrected chi connectivity index (χ4v) is 3.05. The number of carbonyl (C=O) groups excluding carboxylic acids is 2. The maximum atomic E-state index is 14.3. The number of halogens is 1. The Balaban J connectivity index is 1.47. The Hall–Kier alpha value is -4.47. The molecule has 3 N–H and O–H groups in total. The zero-order chi connectivity index (χ0) is 22.7. The molecule has 0 fully saturated rings. The molecule has 3 amide bonds. The molecular weight excluding hydrogens is 415 g/mol. The number of nitrogens with zero attached hydrogens (tertiary/aromatic N) is 3. The van der Waals surface area contributed by atoms with Crippen molar-refractivity contribution in [3.8, 4) is 11.5 Å². The molecule has 0 unspecified atom stereocenters. The monoisotopic (exact) mass is 434 g/mol. The Morgan fingerprint density at radius 1 is 1.03 bits per heavy atom. The molecule has 2 aromatic carbocycles. The first-order valence-electron chi connectivity index (χ1n) is 9.58. The first-order chi connectivity index (χ1) is 15.4. The second-order valence-electron chi connectivity index (χ2n) is 6.82. The number of carbonyl (C=O) groups is 2. The minimum atomic E-state index is -0.629. The second-order valence-corrected chi connectivity index (χ2v) is 6.82. The summed E-state index contributed by atoms with van der Waals surface area (Å²) in [7, 11) is 3.32. The van der Waals surface area contributed by atoms with Crippen molar-refractivity contribution in [3.63, 3.8) is 0 Å². The minimum Gasteiger partial charge on any atom is -0.457 e. The van der Waals surface area contributed by atoms with E-state index in [1.807, 2.05) is 13.1 Å². The van der Waals surface area contributed by atoms with Crippen molar-refractivity contribution in [2.45, 2.75) is 0 Å². The van der Waals surface area contributed by atoms with Crippen LogP contribution >= 0.6 is 0 Å². The summed E-state index contributed by atoms with van der Waals surface area (Å²) in [6, 6.07) is 11.7. The van der Waals surface area contributed by atoms with Gasteiger partial charge in [-0.25, -0.2) is 9.18 Å². The van der Waals surface area contributed by atoms with Crippen LogP contribution in [0.15, 0.2) is 60.9 Å². The molecule has 0 spiro atoms. The van der Waals surface area contributed by atoms with E-state index in [9.17, 15) is 14.0 Å².